The van der Waals surface area contributed by atoms with E-state index in [0.29, 0.717) is 29.4 Å². The van der Waals surface area contributed by atoms with Crippen molar-refractivity contribution in [3.8, 4) is 17.1 Å². The minimum absolute atomic E-state index is 0.279. The summed E-state index contributed by atoms with van der Waals surface area (Å²) in [6, 6.07) is 12.3. The zero-order valence-electron chi connectivity index (χ0n) is 15.6. The van der Waals surface area contributed by atoms with Crippen molar-refractivity contribution in [3.63, 3.8) is 0 Å². The summed E-state index contributed by atoms with van der Waals surface area (Å²) in [6.07, 6.45) is 3.29. The van der Waals surface area contributed by atoms with Crippen LogP contribution in [0.5, 0.6) is 5.75 Å². The zero-order chi connectivity index (χ0) is 19.9. The molecule has 1 amide bonds. The molecule has 3 rings (SSSR count). The zero-order valence-corrected chi connectivity index (χ0v) is 16.4. The number of rotatable bonds is 8. The highest BCUT2D eigenvalue weighted by molar-refractivity contribution is 7.84. The Morgan fingerprint density at radius 2 is 2.11 bits per heavy atom. The van der Waals surface area contributed by atoms with E-state index in [0.717, 1.165) is 11.4 Å². The van der Waals surface area contributed by atoms with Gasteiger partial charge in [-0.05, 0) is 30.3 Å². The maximum absolute atomic E-state index is 12.6. The number of carbonyl (C=O) groups is 1. The van der Waals surface area contributed by atoms with Gasteiger partial charge in [-0.15, -0.1) is 0 Å². The van der Waals surface area contributed by atoms with E-state index in [1.807, 2.05) is 6.07 Å². The number of methoxy groups -OCH3 is 1. The molecule has 146 valence electrons. The Bertz CT molecular complexity index is 975. The third kappa shape index (κ3) is 4.95. The summed E-state index contributed by atoms with van der Waals surface area (Å²) in [7, 11) is 0.678. The van der Waals surface area contributed by atoms with Crippen LogP contribution in [-0.2, 0) is 10.8 Å². The second-order valence-electron chi connectivity index (χ2n) is 5.95. The Balaban J connectivity index is 1.73. The van der Waals surface area contributed by atoms with Crippen molar-refractivity contribution in [2.75, 3.05) is 36.3 Å². The Hall–Kier alpha value is -3.20. The van der Waals surface area contributed by atoms with Crippen LogP contribution in [0.4, 0.5) is 11.4 Å². The van der Waals surface area contributed by atoms with Crippen LogP contribution in [0.25, 0.3) is 11.4 Å². The first-order chi connectivity index (χ1) is 13.6. The topological polar surface area (TPSA) is 109 Å². The fraction of sp³-hybridized carbons (Fsp3) is 0.211. The normalized spacial score (nSPS) is 11.6. The molecular formula is C19H21N5O3S. The lowest BCUT2D eigenvalue weighted by molar-refractivity contribution is 0.102. The smallest absolute Gasteiger partial charge is 0.274 e. The number of benzene rings is 1. The van der Waals surface area contributed by atoms with E-state index in [2.05, 4.69) is 25.8 Å². The molecule has 0 bridgehead atoms. The van der Waals surface area contributed by atoms with Gasteiger partial charge in [0.05, 0.1) is 24.2 Å². The van der Waals surface area contributed by atoms with Crippen molar-refractivity contribution in [2.45, 2.75) is 0 Å². The number of aromatic nitrogens is 3. The number of amides is 1. The van der Waals surface area contributed by atoms with Crippen LogP contribution in [0.2, 0.25) is 0 Å². The molecule has 8 nitrogen and oxygen atoms in total. The molecule has 2 aromatic heterocycles. The molecule has 1 unspecified atom stereocenters. The quantitative estimate of drug-likeness (QED) is 0.537. The summed E-state index contributed by atoms with van der Waals surface area (Å²) in [5.41, 5.74) is 2.99. The number of H-pyrrole nitrogens is 1. The maximum Gasteiger partial charge on any atom is 0.274 e. The molecule has 1 aromatic carbocycles. The number of hydrogen-bond acceptors (Lipinski definition) is 6. The number of nitrogens with one attached hydrogen (secondary N) is 3. The Morgan fingerprint density at radius 1 is 1.25 bits per heavy atom. The van der Waals surface area contributed by atoms with Gasteiger partial charge in [-0.3, -0.25) is 14.1 Å². The van der Waals surface area contributed by atoms with Crippen molar-refractivity contribution in [2.24, 2.45) is 0 Å². The Morgan fingerprint density at radius 3 is 2.82 bits per heavy atom. The van der Waals surface area contributed by atoms with E-state index in [4.69, 9.17) is 4.74 Å². The highest BCUT2D eigenvalue weighted by atomic mass is 32.2. The molecule has 9 heteroatoms. The second kappa shape index (κ2) is 9.14. The van der Waals surface area contributed by atoms with Crippen LogP contribution < -0.4 is 15.4 Å². The summed E-state index contributed by atoms with van der Waals surface area (Å²) in [4.78, 5) is 17.0. The average molecular weight is 399 g/mol. The molecule has 0 saturated carbocycles. The van der Waals surface area contributed by atoms with Crippen LogP contribution in [0.3, 0.4) is 0 Å². The van der Waals surface area contributed by atoms with E-state index in [9.17, 15) is 9.00 Å². The van der Waals surface area contributed by atoms with E-state index in [1.165, 1.54) is 7.11 Å². The summed E-state index contributed by atoms with van der Waals surface area (Å²) in [6.45, 7) is 0.586. The first kappa shape index (κ1) is 19.6. The molecule has 0 saturated heterocycles. The molecule has 2 heterocycles. The average Bonchev–Trinajstić information content (AvgIpc) is 3.23. The summed E-state index contributed by atoms with van der Waals surface area (Å²) < 4.78 is 16.5. The molecule has 28 heavy (non-hydrogen) atoms. The summed E-state index contributed by atoms with van der Waals surface area (Å²) >= 11 is 0. The first-order valence-corrected chi connectivity index (χ1v) is 10.3. The fourth-order valence-corrected chi connectivity index (χ4v) is 2.93. The number of nitrogens with zero attached hydrogens (tertiary/aromatic N) is 2. The highest BCUT2D eigenvalue weighted by Crippen LogP contribution is 2.28. The van der Waals surface area contributed by atoms with Gasteiger partial charge in [0.2, 0.25) is 0 Å². The largest absolute Gasteiger partial charge is 0.494 e. The van der Waals surface area contributed by atoms with E-state index in [1.54, 1.807) is 48.9 Å². The van der Waals surface area contributed by atoms with Crippen LogP contribution in [0, 0.1) is 0 Å². The lowest BCUT2D eigenvalue weighted by Gasteiger charge is -2.13. The predicted molar refractivity (Wildman–Crippen MR) is 110 cm³/mol. The van der Waals surface area contributed by atoms with E-state index >= 15 is 0 Å². The number of hydrogen-bond donors (Lipinski definition) is 3. The molecule has 0 aliphatic rings. The van der Waals surface area contributed by atoms with Gasteiger partial charge in [0.25, 0.3) is 5.91 Å². The molecule has 3 N–H and O–H groups in total. The van der Waals surface area contributed by atoms with Gasteiger partial charge in [0, 0.05) is 47.3 Å². The molecule has 0 aliphatic carbocycles. The third-order valence-corrected chi connectivity index (χ3v) is 4.71. The standard InChI is InChI=1S/C19H21N5O3S/c1-27-18-12-13(20-10-11-28(2)26)6-7-16(18)23-19(25)17-5-3-4-14(22-17)15-8-9-21-24-15/h3-9,12,20H,10-11H2,1-2H3,(H,21,24)(H,23,25). The van der Waals surface area contributed by atoms with Crippen LogP contribution in [-0.4, -0.2) is 51.0 Å². The number of carbonyl (C=O) groups excluding carboxylic acids is 1. The van der Waals surface area contributed by atoms with Gasteiger partial charge < -0.3 is 15.4 Å². The van der Waals surface area contributed by atoms with Crippen molar-refractivity contribution in [1.29, 1.82) is 0 Å². The second-order valence-corrected chi connectivity index (χ2v) is 7.51. The van der Waals surface area contributed by atoms with Crippen molar-refractivity contribution >= 4 is 28.1 Å². The van der Waals surface area contributed by atoms with Gasteiger partial charge in [-0.2, -0.15) is 5.10 Å². The summed E-state index contributed by atoms with van der Waals surface area (Å²) in [5, 5.41) is 12.7. The number of pyridine rings is 1. The highest BCUT2D eigenvalue weighted by Gasteiger charge is 2.13. The Kier molecular flexibility index (Phi) is 6.38. The van der Waals surface area contributed by atoms with Crippen molar-refractivity contribution in [3.05, 3.63) is 54.4 Å². The molecule has 0 radical (unpaired) electrons. The van der Waals surface area contributed by atoms with Crippen molar-refractivity contribution < 1.29 is 13.7 Å². The number of ether oxygens (including phenoxy) is 1. The van der Waals surface area contributed by atoms with Gasteiger partial charge >= 0.3 is 0 Å². The van der Waals surface area contributed by atoms with Gasteiger partial charge in [0.15, 0.2) is 0 Å². The van der Waals surface area contributed by atoms with Crippen LogP contribution in [0.1, 0.15) is 10.5 Å². The maximum atomic E-state index is 12.6. The SMILES string of the molecule is COc1cc(NCCS(C)=O)ccc1NC(=O)c1cccc(-c2ccn[nH]2)n1. The minimum atomic E-state index is -0.857. The third-order valence-electron chi connectivity index (χ3n) is 3.93. The lowest BCUT2D eigenvalue weighted by Crippen LogP contribution is -2.15. The molecule has 1 atom stereocenters. The Labute approximate surface area is 165 Å². The van der Waals surface area contributed by atoms with Crippen molar-refractivity contribution in [1.82, 2.24) is 15.2 Å². The minimum Gasteiger partial charge on any atom is -0.494 e. The summed E-state index contributed by atoms with van der Waals surface area (Å²) in [5.74, 6) is 0.724. The molecule has 0 spiro atoms. The molecule has 3 aromatic rings. The monoisotopic (exact) mass is 399 g/mol. The van der Waals surface area contributed by atoms with E-state index in [-0.39, 0.29) is 11.6 Å². The van der Waals surface area contributed by atoms with Gasteiger partial charge in [0.1, 0.15) is 11.4 Å². The van der Waals surface area contributed by atoms with Crippen LogP contribution in [0.15, 0.2) is 48.7 Å². The van der Waals surface area contributed by atoms with Gasteiger partial charge in [-0.1, -0.05) is 6.07 Å². The number of aromatic amines is 1. The molecular weight excluding hydrogens is 378 g/mol. The van der Waals surface area contributed by atoms with Gasteiger partial charge in [-0.25, -0.2) is 4.98 Å². The van der Waals surface area contributed by atoms with E-state index < -0.39 is 10.8 Å². The molecule has 0 aliphatic heterocycles. The first-order valence-electron chi connectivity index (χ1n) is 8.57. The van der Waals surface area contributed by atoms with Crippen LogP contribution >= 0.6 is 0 Å². The number of anilines is 2. The fourth-order valence-electron chi connectivity index (χ4n) is 2.54. The lowest BCUT2D eigenvalue weighted by atomic mass is 10.2. The predicted octanol–water partition coefficient (Wildman–Crippen LogP) is 2.52. The molecule has 0 fully saturated rings.